The van der Waals surface area contributed by atoms with Gasteiger partial charge in [-0.1, -0.05) is 32.6 Å². The Bertz CT molecular complexity index is 351. The zero-order valence-electron chi connectivity index (χ0n) is 15.0. The van der Waals surface area contributed by atoms with Gasteiger partial charge in [-0.25, -0.2) is 0 Å². The van der Waals surface area contributed by atoms with Crippen LogP contribution >= 0.6 is 0 Å². The molecule has 0 spiro atoms. The first-order valence-electron chi connectivity index (χ1n) is 8.52. The second-order valence-corrected chi connectivity index (χ2v) is 7.20. The molecule has 0 aromatic carbocycles. The standard InChI is InChI=1S/C17H33NO5/c1-5-6-7-8-9-14(19)10-11-17(22)23-15(12-16(20)21)13-18(2,3)4/h14-15,19H,5-13H2,1-4H3. The van der Waals surface area contributed by atoms with Gasteiger partial charge in [-0.2, -0.15) is 0 Å². The molecule has 0 aromatic heterocycles. The van der Waals surface area contributed by atoms with Crippen molar-refractivity contribution in [3.05, 3.63) is 0 Å². The first-order chi connectivity index (χ1) is 10.6. The molecule has 2 unspecified atom stereocenters. The van der Waals surface area contributed by atoms with Gasteiger partial charge in [0.1, 0.15) is 6.54 Å². The Kier molecular flexibility index (Phi) is 10.8. The van der Waals surface area contributed by atoms with Crippen molar-refractivity contribution in [2.75, 3.05) is 27.7 Å². The van der Waals surface area contributed by atoms with Crippen molar-refractivity contribution in [3.63, 3.8) is 0 Å². The molecular formula is C17H33NO5. The summed E-state index contributed by atoms with van der Waals surface area (Å²) in [4.78, 5) is 22.6. The number of nitrogens with zero attached hydrogens (tertiary/aromatic N) is 1. The van der Waals surface area contributed by atoms with E-state index in [-0.39, 0.29) is 12.8 Å². The van der Waals surface area contributed by atoms with E-state index < -0.39 is 24.1 Å². The molecule has 0 aliphatic carbocycles. The van der Waals surface area contributed by atoms with Crippen LogP contribution in [0.5, 0.6) is 0 Å². The monoisotopic (exact) mass is 331 g/mol. The van der Waals surface area contributed by atoms with E-state index in [0.29, 0.717) is 23.9 Å². The van der Waals surface area contributed by atoms with Crippen LogP contribution in [0.4, 0.5) is 0 Å². The van der Waals surface area contributed by atoms with E-state index in [1.54, 1.807) is 0 Å². The van der Waals surface area contributed by atoms with Crippen molar-refractivity contribution in [1.29, 1.82) is 0 Å². The lowest BCUT2D eigenvalue weighted by Crippen LogP contribution is -2.45. The molecule has 6 heteroatoms. The maximum Gasteiger partial charge on any atom is 0.306 e. The summed E-state index contributed by atoms with van der Waals surface area (Å²) >= 11 is 0. The van der Waals surface area contributed by atoms with Crippen LogP contribution in [0.15, 0.2) is 0 Å². The Morgan fingerprint density at radius 2 is 1.78 bits per heavy atom. The zero-order valence-corrected chi connectivity index (χ0v) is 15.0. The van der Waals surface area contributed by atoms with E-state index >= 15 is 0 Å². The minimum atomic E-state index is -1.23. The molecule has 0 saturated heterocycles. The summed E-state index contributed by atoms with van der Waals surface area (Å²) in [5.74, 6) is -1.69. The van der Waals surface area contributed by atoms with Crippen LogP contribution in [-0.2, 0) is 14.3 Å². The second-order valence-electron chi connectivity index (χ2n) is 7.20. The van der Waals surface area contributed by atoms with Crippen molar-refractivity contribution >= 4 is 11.9 Å². The van der Waals surface area contributed by atoms with Gasteiger partial charge in [-0.05, 0) is 12.8 Å². The highest BCUT2D eigenvalue weighted by molar-refractivity contribution is 5.70. The van der Waals surface area contributed by atoms with Gasteiger partial charge in [-0.3, -0.25) is 4.79 Å². The summed E-state index contributed by atoms with van der Waals surface area (Å²) in [6, 6.07) is 0. The van der Waals surface area contributed by atoms with Crippen molar-refractivity contribution in [2.45, 2.75) is 70.5 Å². The van der Waals surface area contributed by atoms with Gasteiger partial charge in [0.15, 0.2) is 6.10 Å². The van der Waals surface area contributed by atoms with Crippen LogP contribution in [0.2, 0.25) is 0 Å². The Labute approximate surface area is 140 Å². The summed E-state index contributed by atoms with van der Waals surface area (Å²) in [6.07, 6.45) is 4.00. The summed E-state index contributed by atoms with van der Waals surface area (Å²) in [5, 5.41) is 20.6. The molecule has 1 N–H and O–H groups in total. The lowest BCUT2D eigenvalue weighted by atomic mass is 10.1. The number of ether oxygens (including phenoxy) is 1. The van der Waals surface area contributed by atoms with E-state index in [0.717, 1.165) is 25.7 Å². The van der Waals surface area contributed by atoms with Crippen LogP contribution in [0.25, 0.3) is 0 Å². The Balaban J connectivity index is 4.13. The molecule has 0 aromatic rings. The number of aliphatic carboxylic acids is 1. The van der Waals surface area contributed by atoms with E-state index in [1.807, 2.05) is 21.1 Å². The minimum Gasteiger partial charge on any atom is -0.550 e. The summed E-state index contributed by atoms with van der Waals surface area (Å²) < 4.78 is 5.74. The molecular weight excluding hydrogens is 298 g/mol. The van der Waals surface area contributed by atoms with E-state index in [1.165, 1.54) is 0 Å². The molecule has 0 fully saturated rings. The average molecular weight is 331 g/mol. The van der Waals surface area contributed by atoms with Crippen molar-refractivity contribution in [1.82, 2.24) is 0 Å². The molecule has 23 heavy (non-hydrogen) atoms. The van der Waals surface area contributed by atoms with Gasteiger partial charge < -0.3 is 24.2 Å². The van der Waals surface area contributed by atoms with Gasteiger partial charge in [0.05, 0.1) is 27.2 Å². The highest BCUT2D eigenvalue weighted by Gasteiger charge is 2.22. The third kappa shape index (κ3) is 14.2. The molecule has 2 atom stereocenters. The second kappa shape index (κ2) is 11.4. The molecule has 136 valence electrons. The Morgan fingerprint density at radius 1 is 1.13 bits per heavy atom. The third-order valence-corrected chi connectivity index (χ3v) is 3.52. The van der Waals surface area contributed by atoms with Gasteiger partial charge in [0.2, 0.25) is 0 Å². The molecule has 0 saturated carbocycles. The van der Waals surface area contributed by atoms with Crippen molar-refractivity contribution in [2.24, 2.45) is 0 Å². The van der Waals surface area contributed by atoms with Crippen LogP contribution in [0, 0.1) is 0 Å². The first-order valence-corrected chi connectivity index (χ1v) is 8.52. The number of quaternary nitrogens is 1. The number of rotatable bonds is 13. The van der Waals surface area contributed by atoms with Gasteiger partial charge in [0, 0.05) is 18.8 Å². The van der Waals surface area contributed by atoms with Gasteiger partial charge >= 0.3 is 5.97 Å². The van der Waals surface area contributed by atoms with Crippen LogP contribution in [-0.4, -0.2) is 61.4 Å². The first kappa shape index (κ1) is 21.9. The number of carbonyl (C=O) groups is 2. The number of esters is 1. The van der Waals surface area contributed by atoms with E-state index in [2.05, 4.69) is 6.92 Å². The fourth-order valence-electron chi connectivity index (χ4n) is 2.42. The molecule has 0 rings (SSSR count). The van der Waals surface area contributed by atoms with Crippen LogP contribution < -0.4 is 5.11 Å². The number of carboxylic acids is 1. The van der Waals surface area contributed by atoms with Crippen LogP contribution in [0.3, 0.4) is 0 Å². The summed E-state index contributed by atoms with van der Waals surface area (Å²) in [7, 11) is 5.70. The molecule has 6 nitrogen and oxygen atoms in total. The maximum atomic E-state index is 11.8. The quantitative estimate of drug-likeness (QED) is 0.307. The van der Waals surface area contributed by atoms with Crippen LogP contribution in [0.1, 0.15) is 58.3 Å². The molecule has 0 heterocycles. The van der Waals surface area contributed by atoms with Crippen molar-refractivity contribution < 1.29 is 29.0 Å². The number of carbonyl (C=O) groups excluding carboxylic acids is 2. The maximum absolute atomic E-state index is 11.8. The molecule has 0 amide bonds. The van der Waals surface area contributed by atoms with Crippen molar-refractivity contribution in [3.8, 4) is 0 Å². The number of hydrogen-bond donors (Lipinski definition) is 1. The smallest absolute Gasteiger partial charge is 0.306 e. The summed E-state index contributed by atoms with van der Waals surface area (Å²) in [5.41, 5.74) is 0. The average Bonchev–Trinajstić information content (AvgIpc) is 2.38. The van der Waals surface area contributed by atoms with Gasteiger partial charge in [-0.15, -0.1) is 0 Å². The number of aliphatic hydroxyl groups is 1. The minimum absolute atomic E-state index is 0.107. The number of unbranched alkanes of at least 4 members (excludes halogenated alkanes) is 3. The molecule has 0 bridgehead atoms. The number of aliphatic hydroxyl groups excluding tert-OH is 1. The Hall–Kier alpha value is -1.14. The lowest BCUT2D eigenvalue weighted by Gasteiger charge is -2.29. The lowest BCUT2D eigenvalue weighted by molar-refractivity contribution is -0.873. The normalized spacial score (nSPS) is 14.3. The summed E-state index contributed by atoms with van der Waals surface area (Å²) in [6.45, 7) is 2.53. The molecule has 0 aliphatic rings. The fourth-order valence-corrected chi connectivity index (χ4v) is 2.42. The number of likely N-dealkylation sites (N-methyl/N-ethyl adjacent to an activating group) is 1. The predicted octanol–water partition coefficient (Wildman–Crippen LogP) is 0.856. The third-order valence-electron chi connectivity index (χ3n) is 3.52. The molecule has 0 radical (unpaired) electrons. The largest absolute Gasteiger partial charge is 0.550 e. The van der Waals surface area contributed by atoms with Gasteiger partial charge in [0.25, 0.3) is 0 Å². The van der Waals surface area contributed by atoms with E-state index in [9.17, 15) is 19.8 Å². The highest BCUT2D eigenvalue weighted by Crippen LogP contribution is 2.12. The SMILES string of the molecule is CCCCCCC(O)CCC(=O)OC(CC(=O)[O-])C[N+](C)(C)C. The fraction of sp³-hybridized carbons (Fsp3) is 0.882. The topological polar surface area (TPSA) is 86.7 Å². The zero-order chi connectivity index (χ0) is 17.9. The number of hydrogen-bond acceptors (Lipinski definition) is 5. The highest BCUT2D eigenvalue weighted by atomic mass is 16.5. The Morgan fingerprint density at radius 3 is 2.30 bits per heavy atom. The molecule has 0 aliphatic heterocycles. The number of carboxylic acid groups (broad SMARTS) is 1. The van der Waals surface area contributed by atoms with E-state index in [4.69, 9.17) is 4.74 Å². The predicted molar refractivity (Wildman–Crippen MR) is 86.4 cm³/mol.